The second-order valence-electron chi connectivity index (χ2n) is 3.07. The fraction of sp³-hybridized carbons (Fsp3) is 0.500. The number of halogens is 1. The molecule has 86 valence electrons. The lowest BCUT2D eigenvalue weighted by Crippen LogP contribution is -2.34. The van der Waals surface area contributed by atoms with E-state index in [1.165, 1.54) is 4.88 Å². The maximum Gasteiger partial charge on any atom is 0.234 e. The molecule has 0 fully saturated rings. The molecular weight excluding hydrogens is 232 g/mol. The number of likely N-dealkylation sites (N-methyl/N-ethyl adjacent to an activating group) is 1. The van der Waals surface area contributed by atoms with Crippen LogP contribution in [0.2, 0.25) is 0 Å². The molecule has 1 heterocycles. The Labute approximate surface area is 101 Å². The van der Waals surface area contributed by atoms with Crippen LogP contribution in [0.1, 0.15) is 24.3 Å². The molecule has 1 atom stereocenters. The predicted molar refractivity (Wildman–Crippen MR) is 66.7 cm³/mol. The molecule has 0 saturated carbocycles. The average Bonchev–Trinajstić information content (AvgIpc) is 2.67. The Hall–Kier alpha value is -0.580. The number of thiophene rings is 1. The maximum atomic E-state index is 11.3. The van der Waals surface area contributed by atoms with Gasteiger partial charge in [0.2, 0.25) is 5.91 Å². The second-order valence-corrected chi connectivity index (χ2v) is 4.05. The van der Waals surface area contributed by atoms with Crippen LogP contribution in [0.5, 0.6) is 0 Å². The zero-order chi connectivity index (χ0) is 10.4. The predicted octanol–water partition coefficient (Wildman–Crippen LogP) is 1.96. The minimum atomic E-state index is 0. The molecule has 15 heavy (non-hydrogen) atoms. The highest BCUT2D eigenvalue weighted by Crippen LogP contribution is 2.21. The number of hydrogen-bond donors (Lipinski definition) is 2. The van der Waals surface area contributed by atoms with Gasteiger partial charge in [0.15, 0.2) is 0 Å². The molecular formula is C10H17ClN2OS. The molecule has 0 aliphatic heterocycles. The van der Waals surface area contributed by atoms with Crippen LogP contribution in [0.3, 0.4) is 0 Å². The lowest BCUT2D eigenvalue weighted by atomic mass is 10.2. The van der Waals surface area contributed by atoms with E-state index in [2.05, 4.69) is 23.6 Å². The van der Waals surface area contributed by atoms with Gasteiger partial charge in [-0.25, -0.2) is 0 Å². The minimum absolute atomic E-state index is 0. The lowest BCUT2D eigenvalue weighted by Gasteiger charge is -2.15. The first-order chi connectivity index (χ1) is 6.77. The van der Waals surface area contributed by atoms with Crippen molar-refractivity contribution in [3.63, 3.8) is 0 Å². The fourth-order valence-corrected chi connectivity index (χ4v) is 2.13. The van der Waals surface area contributed by atoms with Crippen molar-refractivity contribution in [2.75, 3.05) is 13.6 Å². The quantitative estimate of drug-likeness (QED) is 0.837. The van der Waals surface area contributed by atoms with Gasteiger partial charge < -0.3 is 10.6 Å². The summed E-state index contributed by atoms with van der Waals surface area (Å²) in [5.41, 5.74) is 0. The van der Waals surface area contributed by atoms with Crippen molar-refractivity contribution in [2.45, 2.75) is 19.4 Å². The zero-order valence-electron chi connectivity index (χ0n) is 8.95. The summed E-state index contributed by atoms with van der Waals surface area (Å²) < 4.78 is 0. The molecule has 1 amide bonds. The van der Waals surface area contributed by atoms with Gasteiger partial charge in [-0.1, -0.05) is 13.0 Å². The summed E-state index contributed by atoms with van der Waals surface area (Å²) in [6.07, 6.45) is 0.927. The Kier molecular flexibility index (Phi) is 7.38. The summed E-state index contributed by atoms with van der Waals surface area (Å²) in [5, 5.41) is 7.84. The summed E-state index contributed by atoms with van der Waals surface area (Å²) in [5.74, 6) is 0.0488. The Morgan fingerprint density at radius 1 is 1.60 bits per heavy atom. The molecule has 0 radical (unpaired) electrons. The molecule has 0 aliphatic rings. The molecule has 1 rings (SSSR count). The largest absolute Gasteiger partial charge is 0.347 e. The number of hydrogen-bond acceptors (Lipinski definition) is 3. The van der Waals surface area contributed by atoms with Crippen LogP contribution in [0.15, 0.2) is 17.5 Å². The van der Waals surface area contributed by atoms with E-state index in [1.54, 1.807) is 18.4 Å². The molecule has 1 unspecified atom stereocenters. The summed E-state index contributed by atoms with van der Waals surface area (Å²) in [4.78, 5) is 12.6. The van der Waals surface area contributed by atoms with E-state index in [9.17, 15) is 4.79 Å². The standard InChI is InChI=1S/C10H16N2OS.ClH/c1-3-8(9-5-4-6-14-9)12-10(13)7-11-2;/h4-6,8,11H,3,7H2,1-2H3,(H,12,13);1H. The Morgan fingerprint density at radius 2 is 2.33 bits per heavy atom. The van der Waals surface area contributed by atoms with E-state index in [4.69, 9.17) is 0 Å². The van der Waals surface area contributed by atoms with Crippen molar-refractivity contribution in [1.82, 2.24) is 10.6 Å². The first kappa shape index (κ1) is 14.4. The number of amides is 1. The minimum Gasteiger partial charge on any atom is -0.347 e. The first-order valence-electron chi connectivity index (χ1n) is 4.75. The van der Waals surface area contributed by atoms with Gasteiger partial charge in [0.1, 0.15) is 0 Å². The van der Waals surface area contributed by atoms with E-state index in [1.807, 2.05) is 11.4 Å². The third kappa shape index (κ3) is 4.64. The molecule has 0 spiro atoms. The number of rotatable bonds is 5. The van der Waals surface area contributed by atoms with Crippen molar-refractivity contribution in [3.05, 3.63) is 22.4 Å². The third-order valence-corrected chi connectivity index (χ3v) is 2.95. The van der Waals surface area contributed by atoms with E-state index in [-0.39, 0.29) is 24.4 Å². The highest BCUT2D eigenvalue weighted by atomic mass is 35.5. The van der Waals surface area contributed by atoms with Gasteiger partial charge >= 0.3 is 0 Å². The van der Waals surface area contributed by atoms with Gasteiger partial charge in [0.05, 0.1) is 12.6 Å². The van der Waals surface area contributed by atoms with Crippen LogP contribution in [-0.4, -0.2) is 19.5 Å². The average molecular weight is 249 g/mol. The van der Waals surface area contributed by atoms with Crippen LogP contribution in [0, 0.1) is 0 Å². The lowest BCUT2D eigenvalue weighted by molar-refractivity contribution is -0.120. The van der Waals surface area contributed by atoms with Crippen molar-refractivity contribution in [3.8, 4) is 0 Å². The molecule has 0 aromatic carbocycles. The van der Waals surface area contributed by atoms with Crippen LogP contribution >= 0.6 is 23.7 Å². The number of carbonyl (C=O) groups is 1. The first-order valence-corrected chi connectivity index (χ1v) is 5.63. The summed E-state index contributed by atoms with van der Waals surface area (Å²) in [7, 11) is 1.77. The smallest absolute Gasteiger partial charge is 0.234 e. The number of carbonyl (C=O) groups excluding carboxylic acids is 1. The van der Waals surface area contributed by atoms with Crippen molar-refractivity contribution in [1.29, 1.82) is 0 Å². The summed E-state index contributed by atoms with van der Waals surface area (Å²) in [6.45, 7) is 2.45. The maximum absolute atomic E-state index is 11.3. The molecule has 1 aromatic heterocycles. The van der Waals surface area contributed by atoms with E-state index < -0.39 is 0 Å². The highest BCUT2D eigenvalue weighted by molar-refractivity contribution is 7.10. The van der Waals surface area contributed by atoms with E-state index in [0.29, 0.717) is 6.54 Å². The summed E-state index contributed by atoms with van der Waals surface area (Å²) >= 11 is 1.68. The molecule has 0 bridgehead atoms. The van der Waals surface area contributed by atoms with Crippen LogP contribution in [0.4, 0.5) is 0 Å². The molecule has 0 saturated heterocycles. The second kappa shape index (κ2) is 7.68. The van der Waals surface area contributed by atoms with Crippen LogP contribution in [0.25, 0.3) is 0 Å². The van der Waals surface area contributed by atoms with Gasteiger partial charge in [-0.05, 0) is 24.9 Å². The van der Waals surface area contributed by atoms with Gasteiger partial charge in [0, 0.05) is 4.88 Å². The Bertz CT molecular complexity index is 277. The van der Waals surface area contributed by atoms with Crippen molar-refractivity contribution >= 4 is 29.7 Å². The monoisotopic (exact) mass is 248 g/mol. The van der Waals surface area contributed by atoms with Crippen molar-refractivity contribution in [2.24, 2.45) is 0 Å². The highest BCUT2D eigenvalue weighted by Gasteiger charge is 2.12. The fourth-order valence-electron chi connectivity index (χ4n) is 1.27. The Balaban J connectivity index is 0.00000196. The zero-order valence-corrected chi connectivity index (χ0v) is 10.6. The molecule has 5 heteroatoms. The van der Waals surface area contributed by atoms with E-state index in [0.717, 1.165) is 6.42 Å². The molecule has 0 aliphatic carbocycles. The molecule has 2 N–H and O–H groups in total. The molecule has 1 aromatic rings. The Morgan fingerprint density at radius 3 is 2.80 bits per heavy atom. The normalized spacial score (nSPS) is 11.6. The van der Waals surface area contributed by atoms with Crippen molar-refractivity contribution < 1.29 is 4.79 Å². The van der Waals surface area contributed by atoms with E-state index >= 15 is 0 Å². The van der Waals surface area contributed by atoms with Gasteiger partial charge in [-0.15, -0.1) is 23.7 Å². The molecule has 3 nitrogen and oxygen atoms in total. The third-order valence-electron chi connectivity index (χ3n) is 1.97. The van der Waals surface area contributed by atoms with Gasteiger partial charge in [-0.2, -0.15) is 0 Å². The summed E-state index contributed by atoms with van der Waals surface area (Å²) in [6, 6.07) is 4.22. The number of nitrogens with one attached hydrogen (secondary N) is 2. The topological polar surface area (TPSA) is 41.1 Å². The van der Waals surface area contributed by atoms with Crippen LogP contribution in [-0.2, 0) is 4.79 Å². The van der Waals surface area contributed by atoms with Crippen LogP contribution < -0.4 is 10.6 Å². The van der Waals surface area contributed by atoms with Gasteiger partial charge in [-0.3, -0.25) is 4.79 Å². The van der Waals surface area contributed by atoms with Gasteiger partial charge in [0.25, 0.3) is 0 Å². The SMILES string of the molecule is CCC(NC(=O)CNC)c1cccs1.Cl.